The first-order valence-electron chi connectivity index (χ1n) is 5.92. The van der Waals surface area contributed by atoms with Crippen LogP contribution in [0.5, 0.6) is 0 Å². The van der Waals surface area contributed by atoms with Crippen molar-refractivity contribution < 1.29 is 22.6 Å². The number of rotatable bonds is 9. The Kier molecular flexibility index (Phi) is 6.22. The van der Waals surface area contributed by atoms with Crippen molar-refractivity contribution in [2.45, 2.75) is 44.0 Å². The third-order valence-corrected chi connectivity index (χ3v) is 2.52. The highest BCUT2D eigenvalue weighted by Gasteiger charge is 2.26. The molecule has 102 valence electrons. The van der Waals surface area contributed by atoms with E-state index in [0.29, 0.717) is 19.2 Å². The smallest absolute Gasteiger partial charge is 0.382 e. The number of methoxy groups -OCH3 is 1. The highest BCUT2D eigenvalue weighted by atomic mass is 19.4. The maximum absolute atomic E-state index is 11.9. The minimum atomic E-state index is -4.09. The SMILES string of the molecule is COCC(CNC1CC1)OCCCC(F)(F)F. The summed E-state index contributed by atoms with van der Waals surface area (Å²) < 4.78 is 46.0. The van der Waals surface area contributed by atoms with Gasteiger partial charge in [0.05, 0.1) is 12.7 Å². The molecule has 0 amide bonds. The van der Waals surface area contributed by atoms with Crippen molar-refractivity contribution in [3.05, 3.63) is 0 Å². The first kappa shape index (κ1) is 14.7. The molecule has 0 aliphatic heterocycles. The van der Waals surface area contributed by atoms with Crippen LogP contribution in [0.1, 0.15) is 25.7 Å². The van der Waals surface area contributed by atoms with Gasteiger partial charge < -0.3 is 14.8 Å². The molecule has 17 heavy (non-hydrogen) atoms. The summed E-state index contributed by atoms with van der Waals surface area (Å²) >= 11 is 0. The zero-order valence-electron chi connectivity index (χ0n) is 10.1. The fourth-order valence-electron chi connectivity index (χ4n) is 1.46. The summed E-state index contributed by atoms with van der Waals surface area (Å²) in [5.74, 6) is 0. The van der Waals surface area contributed by atoms with Gasteiger partial charge in [0.25, 0.3) is 0 Å². The highest BCUT2D eigenvalue weighted by molar-refractivity contribution is 4.82. The lowest BCUT2D eigenvalue weighted by Crippen LogP contribution is -2.34. The van der Waals surface area contributed by atoms with E-state index in [-0.39, 0.29) is 19.1 Å². The lowest BCUT2D eigenvalue weighted by Gasteiger charge is -2.18. The quantitative estimate of drug-likeness (QED) is 0.640. The molecule has 1 aliphatic carbocycles. The molecule has 0 aromatic heterocycles. The maximum Gasteiger partial charge on any atom is 0.389 e. The normalized spacial score (nSPS) is 18.4. The molecule has 0 spiro atoms. The van der Waals surface area contributed by atoms with Crippen molar-refractivity contribution >= 4 is 0 Å². The zero-order chi connectivity index (χ0) is 12.7. The Bertz CT molecular complexity index is 207. The highest BCUT2D eigenvalue weighted by Crippen LogP contribution is 2.21. The van der Waals surface area contributed by atoms with Crippen LogP contribution in [0.25, 0.3) is 0 Å². The average molecular weight is 255 g/mol. The zero-order valence-corrected chi connectivity index (χ0v) is 10.1. The van der Waals surface area contributed by atoms with E-state index in [2.05, 4.69) is 5.32 Å². The van der Waals surface area contributed by atoms with E-state index in [9.17, 15) is 13.2 Å². The van der Waals surface area contributed by atoms with Gasteiger partial charge in [0.15, 0.2) is 0 Å². The van der Waals surface area contributed by atoms with Gasteiger partial charge in [-0.05, 0) is 19.3 Å². The second-order valence-corrected chi connectivity index (χ2v) is 4.35. The summed E-state index contributed by atoms with van der Waals surface area (Å²) in [6.45, 7) is 1.18. The van der Waals surface area contributed by atoms with Crippen LogP contribution in [0.2, 0.25) is 0 Å². The topological polar surface area (TPSA) is 30.5 Å². The van der Waals surface area contributed by atoms with E-state index < -0.39 is 12.6 Å². The van der Waals surface area contributed by atoms with Crippen LogP contribution in [0.3, 0.4) is 0 Å². The van der Waals surface area contributed by atoms with E-state index in [4.69, 9.17) is 9.47 Å². The fraction of sp³-hybridized carbons (Fsp3) is 1.00. The Balaban J connectivity index is 2.05. The number of ether oxygens (including phenoxy) is 2. The van der Waals surface area contributed by atoms with Gasteiger partial charge in [0, 0.05) is 32.7 Å². The van der Waals surface area contributed by atoms with Gasteiger partial charge in [-0.2, -0.15) is 13.2 Å². The Morgan fingerprint density at radius 2 is 2.06 bits per heavy atom. The van der Waals surface area contributed by atoms with Crippen molar-refractivity contribution in [2.24, 2.45) is 0 Å². The minimum absolute atomic E-state index is 0.00709. The van der Waals surface area contributed by atoms with Crippen molar-refractivity contribution in [3.63, 3.8) is 0 Å². The van der Waals surface area contributed by atoms with Crippen LogP contribution in [0.4, 0.5) is 13.2 Å². The Morgan fingerprint density at radius 1 is 1.35 bits per heavy atom. The van der Waals surface area contributed by atoms with Crippen LogP contribution in [0, 0.1) is 0 Å². The standard InChI is InChI=1S/C11H20F3NO2/c1-16-8-10(7-15-9-3-4-9)17-6-2-5-11(12,13)14/h9-10,15H,2-8H2,1H3. The third-order valence-electron chi connectivity index (χ3n) is 2.52. The minimum Gasteiger partial charge on any atom is -0.382 e. The molecule has 1 rings (SSSR count). The molecule has 1 atom stereocenters. The van der Waals surface area contributed by atoms with Crippen molar-refractivity contribution in [1.29, 1.82) is 0 Å². The molecule has 0 aromatic carbocycles. The molecule has 1 saturated carbocycles. The largest absolute Gasteiger partial charge is 0.389 e. The monoisotopic (exact) mass is 255 g/mol. The van der Waals surface area contributed by atoms with Gasteiger partial charge in [-0.3, -0.25) is 0 Å². The van der Waals surface area contributed by atoms with Gasteiger partial charge >= 0.3 is 6.18 Å². The van der Waals surface area contributed by atoms with Gasteiger partial charge in [-0.25, -0.2) is 0 Å². The van der Waals surface area contributed by atoms with Gasteiger partial charge in [0.2, 0.25) is 0 Å². The van der Waals surface area contributed by atoms with E-state index in [0.717, 1.165) is 0 Å². The lowest BCUT2D eigenvalue weighted by atomic mass is 10.3. The van der Waals surface area contributed by atoms with Crippen LogP contribution in [-0.2, 0) is 9.47 Å². The Morgan fingerprint density at radius 3 is 2.59 bits per heavy atom. The molecular formula is C11H20F3NO2. The van der Waals surface area contributed by atoms with E-state index in [1.54, 1.807) is 7.11 Å². The molecule has 0 bridgehead atoms. The second-order valence-electron chi connectivity index (χ2n) is 4.35. The molecule has 0 radical (unpaired) electrons. The maximum atomic E-state index is 11.9. The predicted molar refractivity (Wildman–Crippen MR) is 57.9 cm³/mol. The van der Waals surface area contributed by atoms with Gasteiger partial charge in [0.1, 0.15) is 0 Å². The van der Waals surface area contributed by atoms with Crippen molar-refractivity contribution in [2.75, 3.05) is 26.9 Å². The van der Waals surface area contributed by atoms with Crippen LogP contribution in [-0.4, -0.2) is 45.2 Å². The molecule has 0 saturated heterocycles. The number of hydrogen-bond acceptors (Lipinski definition) is 3. The van der Waals surface area contributed by atoms with E-state index in [1.165, 1.54) is 12.8 Å². The summed E-state index contributed by atoms with van der Waals surface area (Å²) in [7, 11) is 1.56. The Hall–Kier alpha value is -0.330. The average Bonchev–Trinajstić information content (AvgIpc) is 3.03. The van der Waals surface area contributed by atoms with Crippen molar-refractivity contribution in [1.82, 2.24) is 5.32 Å². The molecular weight excluding hydrogens is 235 g/mol. The molecule has 6 heteroatoms. The van der Waals surface area contributed by atoms with E-state index in [1.807, 2.05) is 0 Å². The number of alkyl halides is 3. The van der Waals surface area contributed by atoms with Gasteiger partial charge in [-0.15, -0.1) is 0 Å². The number of hydrogen-bond donors (Lipinski definition) is 1. The number of nitrogens with one attached hydrogen (secondary N) is 1. The lowest BCUT2D eigenvalue weighted by molar-refractivity contribution is -0.139. The Labute approximate surface area is 99.7 Å². The molecule has 1 fully saturated rings. The second kappa shape index (κ2) is 7.18. The van der Waals surface area contributed by atoms with E-state index >= 15 is 0 Å². The first-order valence-corrected chi connectivity index (χ1v) is 5.92. The summed E-state index contributed by atoms with van der Waals surface area (Å²) in [4.78, 5) is 0. The third kappa shape index (κ3) is 8.40. The summed E-state index contributed by atoms with van der Waals surface area (Å²) in [6.07, 6.45) is -2.68. The van der Waals surface area contributed by atoms with Crippen LogP contribution in [0.15, 0.2) is 0 Å². The summed E-state index contributed by atoms with van der Waals surface area (Å²) in [5.41, 5.74) is 0. The molecule has 3 nitrogen and oxygen atoms in total. The van der Waals surface area contributed by atoms with Crippen LogP contribution >= 0.6 is 0 Å². The molecule has 0 aromatic rings. The summed E-state index contributed by atoms with van der Waals surface area (Å²) in [6, 6.07) is 0.563. The number of halogens is 3. The molecule has 1 aliphatic rings. The van der Waals surface area contributed by atoms with Gasteiger partial charge in [-0.1, -0.05) is 0 Å². The molecule has 1 N–H and O–H groups in total. The van der Waals surface area contributed by atoms with Crippen molar-refractivity contribution in [3.8, 4) is 0 Å². The van der Waals surface area contributed by atoms with Crippen LogP contribution < -0.4 is 5.32 Å². The molecule has 0 heterocycles. The molecule has 1 unspecified atom stereocenters. The summed E-state index contributed by atoms with van der Waals surface area (Å²) in [5, 5.41) is 3.27. The predicted octanol–water partition coefficient (Wildman–Crippen LogP) is 2.11. The first-order chi connectivity index (χ1) is 8.01. The fourth-order valence-corrected chi connectivity index (χ4v) is 1.46.